The molecule has 6 rings (SSSR count). The monoisotopic (exact) mass is 705 g/mol. The summed E-state index contributed by atoms with van der Waals surface area (Å²) in [6.07, 6.45) is 2.85. The van der Waals surface area contributed by atoms with Crippen molar-refractivity contribution in [3.8, 4) is 11.5 Å². The normalized spacial score (nSPS) is 19.0. The Morgan fingerprint density at radius 3 is 2.51 bits per heavy atom. The minimum Gasteiger partial charge on any atom is -0.492 e. The van der Waals surface area contributed by atoms with E-state index in [0.717, 1.165) is 53.7 Å². The Hall–Kier alpha value is -3.89. The summed E-state index contributed by atoms with van der Waals surface area (Å²) in [5.41, 5.74) is 5.91. The molecule has 2 bridgehead atoms. The minimum atomic E-state index is -0.996. The van der Waals surface area contributed by atoms with E-state index in [0.29, 0.717) is 55.1 Å². The number of nitrogens with one attached hydrogen (secondary N) is 1. The molecule has 2 heterocycles. The van der Waals surface area contributed by atoms with Gasteiger partial charge in [-0.2, -0.15) is 0 Å². The molecule has 2 aliphatic heterocycles. The summed E-state index contributed by atoms with van der Waals surface area (Å²) >= 11 is 3.40. The molecule has 2 unspecified atom stereocenters. The van der Waals surface area contributed by atoms with Crippen molar-refractivity contribution in [3.05, 3.63) is 98.8 Å². The summed E-state index contributed by atoms with van der Waals surface area (Å²) in [7, 11) is 0. The maximum atomic E-state index is 14.5. The van der Waals surface area contributed by atoms with Crippen molar-refractivity contribution in [2.75, 3.05) is 32.8 Å². The zero-order valence-electron chi connectivity index (χ0n) is 26.8. The molecule has 10 heteroatoms. The first-order valence-electron chi connectivity index (χ1n) is 16.3. The molecule has 8 nitrogen and oxygen atoms in total. The van der Waals surface area contributed by atoms with Gasteiger partial charge in [-0.3, -0.25) is 9.69 Å². The van der Waals surface area contributed by atoms with Crippen LogP contribution >= 0.6 is 15.9 Å². The van der Waals surface area contributed by atoms with E-state index in [-0.39, 0.29) is 23.8 Å². The highest BCUT2D eigenvalue weighted by atomic mass is 79.9. The van der Waals surface area contributed by atoms with Gasteiger partial charge in [-0.25, -0.2) is 9.18 Å². The largest absolute Gasteiger partial charge is 0.492 e. The number of carbonyl (C=O) groups is 2. The molecule has 2 atom stereocenters. The summed E-state index contributed by atoms with van der Waals surface area (Å²) in [6.45, 7) is 6.28. The quantitative estimate of drug-likeness (QED) is 0.202. The summed E-state index contributed by atoms with van der Waals surface area (Å²) in [5, 5.41) is 13.6. The number of hydrogen-bond donors (Lipinski definition) is 2. The number of carboxylic acid groups (broad SMARTS) is 1. The van der Waals surface area contributed by atoms with Gasteiger partial charge in [-0.15, -0.1) is 0 Å². The van der Waals surface area contributed by atoms with Gasteiger partial charge in [0.05, 0.1) is 29.7 Å². The maximum Gasteiger partial charge on any atom is 0.408 e. The fourth-order valence-electron chi connectivity index (χ4n) is 6.61. The predicted molar refractivity (Wildman–Crippen MR) is 182 cm³/mol. The lowest BCUT2D eigenvalue weighted by molar-refractivity contribution is -0.129. The summed E-state index contributed by atoms with van der Waals surface area (Å²) in [4.78, 5) is 30.4. The van der Waals surface area contributed by atoms with Crippen molar-refractivity contribution in [2.24, 2.45) is 0 Å². The predicted octanol–water partition coefficient (Wildman–Crippen LogP) is 6.76. The Bertz CT molecular complexity index is 1660. The molecule has 1 saturated carbocycles. The van der Waals surface area contributed by atoms with Crippen molar-refractivity contribution in [1.82, 2.24) is 15.1 Å². The third kappa shape index (κ3) is 7.65. The van der Waals surface area contributed by atoms with Gasteiger partial charge in [0.2, 0.25) is 0 Å². The molecular weight excluding hydrogens is 665 g/mol. The lowest BCUT2D eigenvalue weighted by Gasteiger charge is -2.47. The molecule has 0 spiro atoms. The van der Waals surface area contributed by atoms with E-state index in [1.807, 2.05) is 35.2 Å². The zero-order valence-corrected chi connectivity index (χ0v) is 28.4. The Balaban J connectivity index is 1.20. The Labute approximate surface area is 283 Å². The van der Waals surface area contributed by atoms with Crippen molar-refractivity contribution < 1.29 is 28.6 Å². The summed E-state index contributed by atoms with van der Waals surface area (Å²) in [6, 6.07) is 17.9. The number of benzene rings is 3. The molecule has 47 heavy (non-hydrogen) atoms. The fraction of sp³-hybridized carbons (Fsp3) is 0.405. The highest BCUT2D eigenvalue weighted by Crippen LogP contribution is 2.39. The van der Waals surface area contributed by atoms with E-state index in [4.69, 9.17) is 9.47 Å². The first-order valence-corrected chi connectivity index (χ1v) is 17.1. The highest BCUT2D eigenvalue weighted by Gasteiger charge is 2.46. The molecule has 0 radical (unpaired) electrons. The first kappa shape index (κ1) is 33.0. The molecule has 3 aromatic rings. The number of carbonyl (C=O) groups excluding carboxylic acids is 1. The van der Waals surface area contributed by atoms with Crippen LogP contribution in [0.1, 0.15) is 47.9 Å². The second-order valence-corrected chi connectivity index (χ2v) is 13.5. The number of fused-ring (bicyclic) bond motifs is 2. The van der Waals surface area contributed by atoms with E-state index in [1.54, 1.807) is 6.07 Å². The molecule has 1 saturated heterocycles. The van der Waals surface area contributed by atoms with E-state index in [1.165, 1.54) is 22.6 Å². The van der Waals surface area contributed by atoms with Crippen molar-refractivity contribution in [3.63, 3.8) is 0 Å². The van der Waals surface area contributed by atoms with Crippen LogP contribution in [-0.2, 0) is 11.2 Å². The van der Waals surface area contributed by atoms with Gasteiger partial charge in [0, 0.05) is 30.8 Å². The van der Waals surface area contributed by atoms with E-state index >= 15 is 0 Å². The van der Waals surface area contributed by atoms with Gasteiger partial charge in [-0.05, 0) is 114 Å². The minimum absolute atomic E-state index is 0.102. The van der Waals surface area contributed by atoms with Crippen LogP contribution in [0.25, 0.3) is 5.57 Å². The number of ether oxygens (including phenoxy) is 2. The smallest absolute Gasteiger partial charge is 0.408 e. The second-order valence-electron chi connectivity index (χ2n) is 12.7. The van der Waals surface area contributed by atoms with Gasteiger partial charge in [0.25, 0.3) is 5.91 Å². The zero-order chi connectivity index (χ0) is 33.1. The van der Waals surface area contributed by atoms with Crippen LogP contribution in [0, 0.1) is 19.7 Å². The second kappa shape index (κ2) is 14.5. The third-order valence-electron chi connectivity index (χ3n) is 9.39. The van der Waals surface area contributed by atoms with E-state index in [9.17, 15) is 19.1 Å². The highest BCUT2D eigenvalue weighted by molar-refractivity contribution is 9.10. The maximum absolute atomic E-state index is 14.5. The molecule has 2 N–H and O–H groups in total. The van der Waals surface area contributed by atoms with Gasteiger partial charge in [-0.1, -0.05) is 30.3 Å². The van der Waals surface area contributed by atoms with Crippen LogP contribution in [-0.4, -0.2) is 77.9 Å². The number of hydrogen-bond acceptors (Lipinski definition) is 5. The molecule has 3 aromatic carbocycles. The first-order chi connectivity index (χ1) is 22.7. The van der Waals surface area contributed by atoms with Crippen LogP contribution in [0.4, 0.5) is 9.18 Å². The molecule has 1 aliphatic carbocycles. The molecule has 2 amide bonds. The van der Waals surface area contributed by atoms with Crippen molar-refractivity contribution >= 4 is 33.5 Å². The number of piperazine rings is 1. The van der Waals surface area contributed by atoms with Crippen molar-refractivity contribution in [1.29, 1.82) is 0 Å². The number of rotatable bonds is 12. The fourth-order valence-corrected chi connectivity index (χ4v) is 6.97. The van der Waals surface area contributed by atoms with Crippen LogP contribution in [0.5, 0.6) is 11.5 Å². The average Bonchev–Trinajstić information content (AvgIpc) is 3.89. The van der Waals surface area contributed by atoms with Gasteiger partial charge < -0.3 is 24.8 Å². The number of aryl methyl sites for hydroxylation is 3. The summed E-state index contributed by atoms with van der Waals surface area (Å²) < 4.78 is 26.1. The van der Waals surface area contributed by atoms with E-state index in [2.05, 4.69) is 47.2 Å². The molecule has 2 fully saturated rings. The number of amides is 2. The number of halogens is 2. The molecule has 248 valence electrons. The third-order valence-corrected chi connectivity index (χ3v) is 10.0. The molecule has 3 aliphatic rings. The van der Waals surface area contributed by atoms with Gasteiger partial charge in [0.1, 0.15) is 23.9 Å². The molecule has 0 aromatic heterocycles. The average molecular weight is 707 g/mol. The van der Waals surface area contributed by atoms with Crippen LogP contribution in [0.3, 0.4) is 0 Å². The Kier molecular flexibility index (Phi) is 10.2. The van der Waals surface area contributed by atoms with Gasteiger partial charge >= 0.3 is 6.09 Å². The standard InChI is InChI=1S/C37H41BrFN3O5/c1-23-5-13-30(18-24(23)2)46-17-15-41(28-11-12-28)36(43)35-31(20-29-21-40-22-33(35)42(29)37(44)45)26-8-6-25(7-9-26)4-3-16-47-34-19-27(39)10-14-32(34)38/h5-10,13-14,18-19,28-29,33,40H,3-4,11-12,15-17,20-22H2,1-2H3,(H,44,45). The van der Waals surface area contributed by atoms with E-state index < -0.39 is 12.1 Å². The Morgan fingerprint density at radius 2 is 1.79 bits per heavy atom. The topological polar surface area (TPSA) is 91.3 Å². The number of nitrogens with zero attached hydrogens (tertiary/aromatic N) is 2. The summed E-state index contributed by atoms with van der Waals surface area (Å²) in [5.74, 6) is 0.813. The van der Waals surface area contributed by atoms with Crippen LogP contribution < -0.4 is 14.8 Å². The SMILES string of the molecule is Cc1ccc(OCCN(C(=O)C2=C(c3ccc(CCCOc4cc(F)ccc4Br)cc3)CC3CNCC2N3C(=O)O)C2CC2)cc1C. The Morgan fingerprint density at radius 1 is 1.00 bits per heavy atom. The van der Waals surface area contributed by atoms with Crippen LogP contribution in [0.2, 0.25) is 0 Å². The lowest BCUT2D eigenvalue weighted by Crippen LogP contribution is -2.63. The molecular formula is C37H41BrFN3O5. The van der Waals surface area contributed by atoms with Crippen molar-refractivity contribution in [2.45, 2.75) is 64.1 Å². The lowest BCUT2D eigenvalue weighted by atomic mass is 9.81. The van der Waals surface area contributed by atoms with Gasteiger partial charge in [0.15, 0.2) is 0 Å². The van der Waals surface area contributed by atoms with Crippen LogP contribution in [0.15, 0.2) is 70.7 Å².